The van der Waals surface area contributed by atoms with Gasteiger partial charge in [-0.1, -0.05) is 48.5 Å². The highest BCUT2D eigenvalue weighted by Crippen LogP contribution is 2.05. The Morgan fingerprint density at radius 3 is 2.10 bits per heavy atom. The third-order valence-corrected chi connectivity index (χ3v) is 4.19. The Kier molecular flexibility index (Phi) is 8.56. The van der Waals surface area contributed by atoms with Gasteiger partial charge in [0.2, 0.25) is 0 Å². The summed E-state index contributed by atoms with van der Waals surface area (Å²) in [5, 5.41) is 7.58. The lowest BCUT2D eigenvalue weighted by Crippen LogP contribution is -2.45. The van der Waals surface area contributed by atoms with Crippen molar-refractivity contribution in [2.75, 3.05) is 11.9 Å². The zero-order valence-electron chi connectivity index (χ0n) is 16.9. The summed E-state index contributed by atoms with van der Waals surface area (Å²) in [5.74, 6) is -1.57. The van der Waals surface area contributed by atoms with E-state index >= 15 is 0 Å². The molecule has 3 N–H and O–H groups in total. The van der Waals surface area contributed by atoms with Crippen LogP contribution in [0.15, 0.2) is 60.7 Å². The van der Waals surface area contributed by atoms with E-state index in [1.54, 1.807) is 24.3 Å². The van der Waals surface area contributed by atoms with Crippen LogP contribution in [0.5, 0.6) is 0 Å². The lowest BCUT2D eigenvalue weighted by Gasteiger charge is -2.17. The van der Waals surface area contributed by atoms with Gasteiger partial charge in [-0.05, 0) is 38.0 Å². The molecular weight excluding hydrogens is 386 g/mol. The molecule has 0 radical (unpaired) electrons. The Hall–Kier alpha value is -3.68. The van der Waals surface area contributed by atoms with Gasteiger partial charge in [-0.25, -0.2) is 9.59 Å². The molecule has 0 bridgehead atoms. The van der Waals surface area contributed by atoms with E-state index in [-0.39, 0.29) is 5.78 Å². The van der Waals surface area contributed by atoms with E-state index in [0.29, 0.717) is 12.1 Å². The second-order valence-corrected chi connectivity index (χ2v) is 6.71. The second kappa shape index (κ2) is 11.4. The van der Waals surface area contributed by atoms with Crippen molar-refractivity contribution < 1.29 is 23.9 Å². The highest BCUT2D eigenvalue weighted by molar-refractivity contribution is 5.93. The maximum Gasteiger partial charge on any atom is 0.328 e. The van der Waals surface area contributed by atoms with Crippen molar-refractivity contribution in [2.24, 2.45) is 0 Å². The first-order valence-electron chi connectivity index (χ1n) is 9.48. The number of ether oxygens (including phenoxy) is 1. The van der Waals surface area contributed by atoms with Gasteiger partial charge in [-0.3, -0.25) is 9.59 Å². The van der Waals surface area contributed by atoms with Crippen LogP contribution in [0.1, 0.15) is 19.4 Å². The van der Waals surface area contributed by atoms with Gasteiger partial charge in [0, 0.05) is 5.69 Å². The molecule has 3 amide bonds. The highest BCUT2D eigenvalue weighted by Gasteiger charge is 2.21. The van der Waals surface area contributed by atoms with Crippen LogP contribution in [0.2, 0.25) is 0 Å². The number of urea groups is 1. The van der Waals surface area contributed by atoms with E-state index in [2.05, 4.69) is 16.0 Å². The number of amides is 3. The molecule has 158 valence electrons. The number of Topliss-reactive ketones (excluding diaryl/α,β-unsaturated/α-hetero) is 1. The standard InChI is InChI=1S/C22H25N3O5/c1-15(23-22(29)24-18-11-7-4-8-12-18)21(28)30-14-20(27)25-19(16(2)26)13-17-9-5-3-6-10-17/h3-12,15,19H,13-14H2,1-2H3,(H,25,27)(H2,23,24,29)/t15-,19-/m0/s1. The fourth-order valence-corrected chi connectivity index (χ4v) is 2.59. The van der Waals surface area contributed by atoms with Gasteiger partial charge >= 0.3 is 12.0 Å². The molecule has 0 heterocycles. The Labute approximate surface area is 175 Å². The van der Waals surface area contributed by atoms with Gasteiger partial charge in [-0.15, -0.1) is 0 Å². The maximum absolute atomic E-state index is 12.1. The summed E-state index contributed by atoms with van der Waals surface area (Å²) in [4.78, 5) is 47.9. The Bertz CT molecular complexity index is 871. The molecule has 0 saturated carbocycles. The van der Waals surface area contributed by atoms with Crippen molar-refractivity contribution >= 4 is 29.4 Å². The molecule has 2 aromatic rings. The molecule has 0 aliphatic rings. The monoisotopic (exact) mass is 411 g/mol. The third-order valence-electron chi connectivity index (χ3n) is 4.19. The predicted molar refractivity (Wildman–Crippen MR) is 112 cm³/mol. The topological polar surface area (TPSA) is 114 Å². The molecule has 2 rings (SSSR count). The van der Waals surface area contributed by atoms with Crippen LogP contribution < -0.4 is 16.0 Å². The van der Waals surface area contributed by atoms with Gasteiger partial charge in [-0.2, -0.15) is 0 Å². The summed E-state index contributed by atoms with van der Waals surface area (Å²) in [6.45, 7) is 2.28. The third kappa shape index (κ3) is 7.75. The van der Waals surface area contributed by atoms with Gasteiger partial charge in [0.15, 0.2) is 12.4 Å². The van der Waals surface area contributed by atoms with E-state index in [0.717, 1.165) is 5.56 Å². The van der Waals surface area contributed by atoms with Crippen LogP contribution in [0, 0.1) is 0 Å². The number of carbonyl (C=O) groups excluding carboxylic acids is 4. The molecule has 0 saturated heterocycles. The molecule has 0 aliphatic carbocycles. The molecule has 0 aliphatic heterocycles. The minimum Gasteiger partial charge on any atom is -0.454 e. The normalized spacial score (nSPS) is 12.2. The van der Waals surface area contributed by atoms with Crippen LogP contribution >= 0.6 is 0 Å². The van der Waals surface area contributed by atoms with E-state index in [9.17, 15) is 19.2 Å². The highest BCUT2D eigenvalue weighted by atomic mass is 16.5. The second-order valence-electron chi connectivity index (χ2n) is 6.71. The average molecular weight is 411 g/mol. The van der Waals surface area contributed by atoms with Crippen LogP contribution in [0.25, 0.3) is 0 Å². The summed E-state index contributed by atoms with van der Waals surface area (Å²) in [6, 6.07) is 15.7. The van der Waals surface area contributed by atoms with Crippen molar-refractivity contribution in [3.05, 3.63) is 66.2 Å². The molecule has 0 spiro atoms. The minimum absolute atomic E-state index is 0.203. The number of hydrogen-bond acceptors (Lipinski definition) is 5. The largest absolute Gasteiger partial charge is 0.454 e. The van der Waals surface area contributed by atoms with Crippen LogP contribution in [-0.2, 0) is 25.5 Å². The summed E-state index contributed by atoms with van der Waals surface area (Å²) >= 11 is 0. The van der Waals surface area contributed by atoms with Crippen molar-refractivity contribution in [2.45, 2.75) is 32.4 Å². The Morgan fingerprint density at radius 1 is 0.900 bits per heavy atom. The average Bonchev–Trinajstić information content (AvgIpc) is 2.72. The number of anilines is 1. The van der Waals surface area contributed by atoms with Gasteiger partial charge < -0.3 is 20.7 Å². The summed E-state index contributed by atoms with van der Waals surface area (Å²) in [5.41, 5.74) is 1.47. The summed E-state index contributed by atoms with van der Waals surface area (Å²) in [6.07, 6.45) is 0.341. The first-order chi connectivity index (χ1) is 14.3. The molecule has 0 fully saturated rings. The predicted octanol–water partition coefficient (Wildman–Crippen LogP) is 2.06. The van der Waals surface area contributed by atoms with Crippen LogP contribution in [0.3, 0.4) is 0 Å². The van der Waals surface area contributed by atoms with E-state index in [4.69, 9.17) is 4.74 Å². The number of carbonyl (C=O) groups is 4. The zero-order valence-corrected chi connectivity index (χ0v) is 16.9. The Balaban J connectivity index is 1.77. The Morgan fingerprint density at radius 2 is 1.50 bits per heavy atom. The van der Waals surface area contributed by atoms with E-state index in [1.165, 1.54) is 13.8 Å². The van der Waals surface area contributed by atoms with Crippen LogP contribution in [-0.4, -0.2) is 42.4 Å². The number of hydrogen-bond donors (Lipinski definition) is 3. The van der Waals surface area contributed by atoms with Crippen LogP contribution in [0.4, 0.5) is 10.5 Å². The first kappa shape index (κ1) is 22.6. The number of nitrogens with one attached hydrogen (secondary N) is 3. The number of para-hydroxylation sites is 1. The minimum atomic E-state index is -0.963. The van der Waals surface area contributed by atoms with Gasteiger partial charge in [0.05, 0.1) is 6.04 Å². The molecule has 2 aromatic carbocycles. The number of benzene rings is 2. The fourth-order valence-electron chi connectivity index (χ4n) is 2.59. The van der Waals surface area contributed by atoms with Gasteiger partial charge in [0.25, 0.3) is 5.91 Å². The van der Waals surface area contributed by atoms with Crippen molar-refractivity contribution in [3.63, 3.8) is 0 Å². The van der Waals surface area contributed by atoms with Crippen molar-refractivity contribution in [3.8, 4) is 0 Å². The first-order valence-corrected chi connectivity index (χ1v) is 9.48. The van der Waals surface area contributed by atoms with Crippen molar-refractivity contribution in [1.82, 2.24) is 10.6 Å². The molecule has 8 nitrogen and oxygen atoms in total. The lowest BCUT2D eigenvalue weighted by atomic mass is 10.0. The molecule has 0 aromatic heterocycles. The van der Waals surface area contributed by atoms with Crippen molar-refractivity contribution in [1.29, 1.82) is 0 Å². The quantitative estimate of drug-likeness (QED) is 0.547. The molecular formula is C22H25N3O5. The molecule has 0 unspecified atom stereocenters. The smallest absolute Gasteiger partial charge is 0.328 e. The maximum atomic E-state index is 12.1. The SMILES string of the molecule is CC(=O)[C@H](Cc1ccccc1)NC(=O)COC(=O)[C@H](C)NC(=O)Nc1ccccc1. The number of ketones is 1. The van der Waals surface area contributed by atoms with Gasteiger partial charge in [0.1, 0.15) is 6.04 Å². The molecule has 2 atom stereocenters. The fraction of sp³-hybridized carbons (Fsp3) is 0.273. The summed E-state index contributed by atoms with van der Waals surface area (Å²) in [7, 11) is 0. The molecule has 30 heavy (non-hydrogen) atoms. The van der Waals surface area contributed by atoms with E-state index in [1.807, 2.05) is 36.4 Å². The van der Waals surface area contributed by atoms with E-state index < -0.39 is 36.6 Å². The zero-order chi connectivity index (χ0) is 21.9. The molecule has 8 heteroatoms. The number of esters is 1. The lowest BCUT2D eigenvalue weighted by molar-refractivity contribution is -0.150. The number of rotatable bonds is 9. The summed E-state index contributed by atoms with van der Waals surface area (Å²) < 4.78 is 4.94.